The van der Waals surface area contributed by atoms with Crippen molar-refractivity contribution in [1.82, 2.24) is 4.98 Å². The van der Waals surface area contributed by atoms with Gasteiger partial charge in [0, 0.05) is 18.4 Å². The first-order valence-electron chi connectivity index (χ1n) is 6.19. The van der Waals surface area contributed by atoms with E-state index in [-0.39, 0.29) is 5.56 Å². The van der Waals surface area contributed by atoms with Crippen molar-refractivity contribution in [2.45, 2.75) is 31.7 Å². The van der Waals surface area contributed by atoms with E-state index in [1.54, 1.807) is 12.3 Å². The Morgan fingerprint density at radius 2 is 2.00 bits per heavy atom. The Morgan fingerprint density at radius 3 is 2.53 bits per heavy atom. The van der Waals surface area contributed by atoms with E-state index < -0.39 is 5.97 Å². The average Bonchev–Trinajstić information content (AvgIpc) is 3.16. The highest BCUT2D eigenvalue weighted by Gasteiger charge is 2.41. The van der Waals surface area contributed by atoms with Crippen LogP contribution in [0.15, 0.2) is 18.5 Å². The smallest absolute Gasteiger partial charge is 0.339 e. The number of rotatable bonds is 5. The normalized spacial score (nSPS) is 19.4. The maximum Gasteiger partial charge on any atom is 0.339 e. The van der Waals surface area contributed by atoms with Gasteiger partial charge in [0.1, 0.15) is 5.56 Å². The molecule has 2 aliphatic carbocycles. The van der Waals surface area contributed by atoms with Crippen LogP contribution in [0.1, 0.15) is 36.0 Å². The monoisotopic (exact) mass is 232 g/mol. The molecule has 2 N–H and O–H groups in total. The molecule has 0 atom stereocenters. The Labute approximate surface area is 100 Å². The Bertz CT molecular complexity index is 427. The van der Waals surface area contributed by atoms with Gasteiger partial charge in [-0.2, -0.15) is 0 Å². The molecule has 90 valence electrons. The molecule has 2 aliphatic rings. The number of aromatic carboxylic acids is 1. The molecule has 1 heterocycles. The van der Waals surface area contributed by atoms with Crippen LogP contribution in [0.5, 0.6) is 0 Å². The van der Waals surface area contributed by atoms with Crippen molar-refractivity contribution in [3.8, 4) is 0 Å². The van der Waals surface area contributed by atoms with Gasteiger partial charge >= 0.3 is 5.97 Å². The van der Waals surface area contributed by atoms with E-state index >= 15 is 0 Å². The lowest BCUT2D eigenvalue weighted by Gasteiger charge is -2.20. The van der Waals surface area contributed by atoms with Gasteiger partial charge < -0.3 is 10.4 Å². The van der Waals surface area contributed by atoms with Crippen LogP contribution in [-0.4, -0.2) is 22.1 Å². The molecular formula is C13H16N2O2. The van der Waals surface area contributed by atoms with Crippen molar-refractivity contribution in [2.24, 2.45) is 11.8 Å². The summed E-state index contributed by atoms with van der Waals surface area (Å²) in [5.74, 6) is 0.584. The number of anilines is 1. The standard InChI is InChI=1S/C13H16N2O2/c16-13(17)10-7-14-6-5-11(10)15-12(8-1-2-8)9-3-4-9/h5-9,12H,1-4H2,(H,14,15)(H,16,17). The number of carboxylic acids is 1. The number of carboxylic acid groups (broad SMARTS) is 1. The lowest BCUT2D eigenvalue weighted by Crippen LogP contribution is -2.25. The zero-order valence-electron chi connectivity index (χ0n) is 9.60. The van der Waals surface area contributed by atoms with Crippen molar-refractivity contribution < 1.29 is 9.90 Å². The van der Waals surface area contributed by atoms with E-state index in [0.717, 1.165) is 17.5 Å². The fraction of sp³-hybridized carbons (Fsp3) is 0.538. The van der Waals surface area contributed by atoms with Crippen molar-refractivity contribution >= 4 is 11.7 Å². The third-order valence-electron chi connectivity index (χ3n) is 3.63. The molecular weight excluding hydrogens is 216 g/mol. The van der Waals surface area contributed by atoms with E-state index in [1.165, 1.54) is 31.9 Å². The zero-order valence-corrected chi connectivity index (χ0v) is 9.60. The van der Waals surface area contributed by atoms with Crippen molar-refractivity contribution in [3.05, 3.63) is 24.0 Å². The molecule has 2 fully saturated rings. The molecule has 0 saturated heterocycles. The fourth-order valence-corrected chi connectivity index (χ4v) is 2.40. The van der Waals surface area contributed by atoms with Crippen LogP contribution in [0.3, 0.4) is 0 Å². The molecule has 0 bridgehead atoms. The predicted molar refractivity (Wildman–Crippen MR) is 64.1 cm³/mol. The number of hydrogen-bond donors (Lipinski definition) is 2. The summed E-state index contributed by atoms with van der Waals surface area (Å²) in [6, 6.07) is 2.23. The topological polar surface area (TPSA) is 62.2 Å². The molecule has 1 aromatic heterocycles. The lowest BCUT2D eigenvalue weighted by molar-refractivity contribution is 0.0697. The molecule has 3 rings (SSSR count). The van der Waals surface area contributed by atoms with Crippen molar-refractivity contribution in [1.29, 1.82) is 0 Å². The quantitative estimate of drug-likeness (QED) is 0.818. The predicted octanol–water partition coefficient (Wildman–Crippen LogP) is 2.38. The number of hydrogen-bond acceptors (Lipinski definition) is 3. The lowest BCUT2D eigenvalue weighted by atomic mass is 10.1. The number of nitrogens with one attached hydrogen (secondary N) is 1. The first kappa shape index (κ1) is 10.6. The number of pyridine rings is 1. The molecule has 0 unspecified atom stereocenters. The maximum absolute atomic E-state index is 11.1. The van der Waals surface area contributed by atoms with Gasteiger partial charge in [-0.3, -0.25) is 4.98 Å². The van der Waals surface area contributed by atoms with Crippen molar-refractivity contribution in [2.75, 3.05) is 5.32 Å². The first-order chi connectivity index (χ1) is 8.25. The molecule has 0 amide bonds. The van der Waals surface area contributed by atoms with Crippen LogP contribution in [0, 0.1) is 11.8 Å². The molecule has 17 heavy (non-hydrogen) atoms. The minimum absolute atomic E-state index is 0.277. The van der Waals surface area contributed by atoms with Gasteiger partial charge in [0.15, 0.2) is 0 Å². The minimum atomic E-state index is -0.911. The van der Waals surface area contributed by atoms with E-state index in [4.69, 9.17) is 5.11 Å². The molecule has 0 spiro atoms. The van der Waals surface area contributed by atoms with Crippen LogP contribution in [0.4, 0.5) is 5.69 Å². The SMILES string of the molecule is O=C(O)c1cnccc1NC(C1CC1)C1CC1. The van der Waals surface area contributed by atoms with Gasteiger partial charge in [0.05, 0.1) is 5.69 Å². The summed E-state index contributed by atoms with van der Waals surface area (Å²) < 4.78 is 0. The third kappa shape index (κ3) is 2.25. The van der Waals surface area contributed by atoms with Crippen LogP contribution >= 0.6 is 0 Å². The molecule has 4 nitrogen and oxygen atoms in total. The minimum Gasteiger partial charge on any atom is -0.478 e. The van der Waals surface area contributed by atoms with Gasteiger partial charge in [-0.25, -0.2) is 4.79 Å². The largest absolute Gasteiger partial charge is 0.478 e. The second-order valence-electron chi connectivity index (χ2n) is 5.07. The van der Waals surface area contributed by atoms with Gasteiger partial charge in [-0.1, -0.05) is 0 Å². The van der Waals surface area contributed by atoms with E-state index in [2.05, 4.69) is 10.3 Å². The highest BCUT2D eigenvalue weighted by atomic mass is 16.4. The van der Waals surface area contributed by atoms with E-state index in [9.17, 15) is 4.79 Å². The number of nitrogens with zero attached hydrogens (tertiary/aromatic N) is 1. The second-order valence-corrected chi connectivity index (χ2v) is 5.07. The number of aromatic nitrogens is 1. The van der Waals surface area contributed by atoms with Gasteiger partial charge in [0.25, 0.3) is 0 Å². The van der Waals surface area contributed by atoms with Crippen LogP contribution in [-0.2, 0) is 0 Å². The maximum atomic E-state index is 11.1. The summed E-state index contributed by atoms with van der Waals surface area (Å²) in [6.07, 6.45) is 8.18. The van der Waals surface area contributed by atoms with Gasteiger partial charge in [-0.05, 0) is 43.6 Å². The Morgan fingerprint density at radius 1 is 1.35 bits per heavy atom. The molecule has 0 aromatic carbocycles. The highest BCUT2D eigenvalue weighted by molar-refractivity contribution is 5.93. The zero-order chi connectivity index (χ0) is 11.8. The first-order valence-corrected chi connectivity index (χ1v) is 6.19. The number of carbonyl (C=O) groups is 1. The van der Waals surface area contributed by atoms with E-state index in [0.29, 0.717) is 6.04 Å². The average molecular weight is 232 g/mol. The summed E-state index contributed by atoms with van der Waals surface area (Å²) in [6.45, 7) is 0. The second kappa shape index (κ2) is 4.02. The summed E-state index contributed by atoms with van der Waals surface area (Å²) in [5, 5.41) is 12.5. The molecule has 0 radical (unpaired) electrons. The van der Waals surface area contributed by atoms with Gasteiger partial charge in [-0.15, -0.1) is 0 Å². The van der Waals surface area contributed by atoms with Crippen LogP contribution in [0.2, 0.25) is 0 Å². The summed E-state index contributed by atoms with van der Waals surface area (Å²) in [5.41, 5.74) is 0.995. The summed E-state index contributed by atoms with van der Waals surface area (Å²) in [4.78, 5) is 15.0. The third-order valence-corrected chi connectivity index (χ3v) is 3.63. The molecule has 1 aromatic rings. The highest BCUT2D eigenvalue weighted by Crippen LogP contribution is 2.46. The summed E-state index contributed by atoms with van der Waals surface area (Å²) >= 11 is 0. The molecule has 0 aliphatic heterocycles. The Balaban J connectivity index is 1.80. The summed E-state index contributed by atoms with van der Waals surface area (Å²) in [7, 11) is 0. The van der Waals surface area contributed by atoms with Gasteiger partial charge in [0.2, 0.25) is 0 Å². The van der Waals surface area contributed by atoms with Crippen LogP contribution < -0.4 is 5.32 Å². The fourth-order valence-electron chi connectivity index (χ4n) is 2.40. The molecule has 2 saturated carbocycles. The Kier molecular flexibility index (Phi) is 2.50. The van der Waals surface area contributed by atoms with E-state index in [1.807, 2.05) is 0 Å². The Hall–Kier alpha value is -1.58. The van der Waals surface area contributed by atoms with Crippen molar-refractivity contribution in [3.63, 3.8) is 0 Å². The van der Waals surface area contributed by atoms with Crippen LogP contribution in [0.25, 0.3) is 0 Å². The molecule has 4 heteroatoms.